The van der Waals surface area contributed by atoms with Crippen molar-refractivity contribution in [3.8, 4) is 17.3 Å². The van der Waals surface area contributed by atoms with E-state index in [1.54, 1.807) is 18.0 Å². The summed E-state index contributed by atoms with van der Waals surface area (Å²) in [7, 11) is 0. The van der Waals surface area contributed by atoms with Gasteiger partial charge in [-0.05, 0) is 37.3 Å². The van der Waals surface area contributed by atoms with Gasteiger partial charge in [0.15, 0.2) is 16.7 Å². The predicted molar refractivity (Wildman–Crippen MR) is 93.8 cm³/mol. The summed E-state index contributed by atoms with van der Waals surface area (Å²) in [6.45, 7) is 3.46. The first-order valence-corrected chi connectivity index (χ1v) is 9.04. The smallest absolute Gasteiger partial charge is 0.200 e. The second-order valence-electron chi connectivity index (χ2n) is 4.68. The fourth-order valence-corrected chi connectivity index (χ4v) is 3.32. The van der Waals surface area contributed by atoms with E-state index in [1.165, 1.54) is 0 Å². The summed E-state index contributed by atoms with van der Waals surface area (Å²) >= 11 is 5.06. The standard InChI is InChI=1S/C16H16BrN3O2S/c1-2-20-15(14-7-4-8-22-14)18-19-16(20)23-10-9-21-13-6-3-5-12(17)11-13/h3-8,11H,2,9-10H2,1H3. The Morgan fingerprint density at radius 3 is 2.91 bits per heavy atom. The van der Waals surface area contributed by atoms with Crippen molar-refractivity contribution in [1.82, 2.24) is 14.8 Å². The summed E-state index contributed by atoms with van der Waals surface area (Å²) in [4.78, 5) is 0. The summed E-state index contributed by atoms with van der Waals surface area (Å²) < 4.78 is 14.2. The Balaban J connectivity index is 1.58. The van der Waals surface area contributed by atoms with Crippen molar-refractivity contribution in [3.05, 3.63) is 47.1 Å². The fourth-order valence-electron chi connectivity index (χ4n) is 2.12. The molecule has 1 aromatic carbocycles. The lowest BCUT2D eigenvalue weighted by molar-refractivity contribution is 0.343. The molecular weight excluding hydrogens is 378 g/mol. The molecule has 23 heavy (non-hydrogen) atoms. The van der Waals surface area contributed by atoms with Crippen molar-refractivity contribution in [2.24, 2.45) is 0 Å². The molecule has 7 heteroatoms. The highest BCUT2D eigenvalue weighted by molar-refractivity contribution is 9.10. The Hall–Kier alpha value is -1.73. The molecule has 0 bridgehead atoms. The van der Waals surface area contributed by atoms with Crippen LogP contribution < -0.4 is 4.74 Å². The van der Waals surface area contributed by atoms with Gasteiger partial charge in [-0.3, -0.25) is 4.57 Å². The molecule has 120 valence electrons. The first kappa shape index (κ1) is 16.1. The summed E-state index contributed by atoms with van der Waals surface area (Å²) in [5, 5.41) is 9.36. The van der Waals surface area contributed by atoms with E-state index in [0.717, 1.165) is 39.3 Å². The SMILES string of the molecule is CCn1c(SCCOc2cccc(Br)c2)nnc1-c1ccco1. The minimum Gasteiger partial charge on any atom is -0.493 e. The van der Waals surface area contributed by atoms with Crippen molar-refractivity contribution in [2.75, 3.05) is 12.4 Å². The van der Waals surface area contributed by atoms with Crippen LogP contribution in [0.3, 0.4) is 0 Å². The highest BCUT2D eigenvalue weighted by Crippen LogP contribution is 2.24. The van der Waals surface area contributed by atoms with Crippen LogP contribution in [0.25, 0.3) is 11.6 Å². The molecule has 0 fully saturated rings. The number of hydrogen-bond donors (Lipinski definition) is 0. The van der Waals surface area contributed by atoms with Crippen LogP contribution in [0.15, 0.2) is 56.7 Å². The number of aromatic nitrogens is 3. The van der Waals surface area contributed by atoms with Gasteiger partial charge in [-0.1, -0.05) is 33.8 Å². The number of thioether (sulfide) groups is 1. The van der Waals surface area contributed by atoms with E-state index in [0.29, 0.717) is 6.61 Å². The molecule has 2 heterocycles. The van der Waals surface area contributed by atoms with Gasteiger partial charge >= 0.3 is 0 Å². The van der Waals surface area contributed by atoms with E-state index in [2.05, 4.69) is 33.1 Å². The minimum atomic E-state index is 0.605. The predicted octanol–water partition coefficient (Wildman–Crippen LogP) is 4.49. The number of nitrogens with zero attached hydrogens (tertiary/aromatic N) is 3. The number of ether oxygens (including phenoxy) is 1. The first-order valence-electron chi connectivity index (χ1n) is 7.26. The average molecular weight is 394 g/mol. The molecule has 0 saturated carbocycles. The van der Waals surface area contributed by atoms with Gasteiger partial charge < -0.3 is 9.15 Å². The molecule has 0 atom stereocenters. The zero-order valence-electron chi connectivity index (χ0n) is 12.6. The fraction of sp³-hybridized carbons (Fsp3) is 0.250. The summed E-state index contributed by atoms with van der Waals surface area (Å²) in [6, 6.07) is 11.6. The summed E-state index contributed by atoms with van der Waals surface area (Å²) in [5.41, 5.74) is 0. The molecule has 3 aromatic rings. The zero-order valence-corrected chi connectivity index (χ0v) is 15.0. The van der Waals surface area contributed by atoms with Crippen LogP contribution in [-0.4, -0.2) is 27.1 Å². The largest absolute Gasteiger partial charge is 0.493 e. The molecule has 0 N–H and O–H groups in total. The molecule has 3 rings (SSSR count). The number of benzene rings is 1. The maximum atomic E-state index is 5.73. The van der Waals surface area contributed by atoms with E-state index in [-0.39, 0.29) is 0 Å². The third kappa shape index (κ3) is 3.97. The van der Waals surface area contributed by atoms with E-state index >= 15 is 0 Å². The van der Waals surface area contributed by atoms with Gasteiger partial charge in [-0.2, -0.15) is 0 Å². The van der Waals surface area contributed by atoms with Crippen LogP contribution >= 0.6 is 27.7 Å². The van der Waals surface area contributed by atoms with Crippen molar-refractivity contribution in [3.63, 3.8) is 0 Å². The van der Waals surface area contributed by atoms with Gasteiger partial charge in [0.05, 0.1) is 12.9 Å². The van der Waals surface area contributed by atoms with Crippen LogP contribution in [0, 0.1) is 0 Å². The van der Waals surface area contributed by atoms with Gasteiger partial charge in [-0.25, -0.2) is 0 Å². The van der Waals surface area contributed by atoms with Crippen molar-refractivity contribution < 1.29 is 9.15 Å². The summed E-state index contributed by atoms with van der Waals surface area (Å²) in [5.74, 6) is 3.14. The number of rotatable bonds is 7. The lowest BCUT2D eigenvalue weighted by atomic mass is 10.3. The van der Waals surface area contributed by atoms with Crippen LogP contribution in [0.2, 0.25) is 0 Å². The van der Waals surface area contributed by atoms with Crippen molar-refractivity contribution >= 4 is 27.7 Å². The summed E-state index contributed by atoms with van der Waals surface area (Å²) in [6.07, 6.45) is 1.64. The monoisotopic (exact) mass is 393 g/mol. The number of halogens is 1. The molecule has 0 amide bonds. The Labute approximate surface area is 147 Å². The average Bonchev–Trinajstić information content (AvgIpc) is 3.20. The highest BCUT2D eigenvalue weighted by Gasteiger charge is 2.14. The molecule has 5 nitrogen and oxygen atoms in total. The van der Waals surface area contributed by atoms with E-state index in [9.17, 15) is 0 Å². The van der Waals surface area contributed by atoms with Crippen LogP contribution in [0.4, 0.5) is 0 Å². The minimum absolute atomic E-state index is 0.605. The molecular formula is C16H16BrN3O2S. The molecule has 2 aromatic heterocycles. The van der Waals surface area contributed by atoms with Crippen LogP contribution in [-0.2, 0) is 6.54 Å². The molecule has 0 saturated heterocycles. The normalized spacial score (nSPS) is 10.9. The molecule has 0 radical (unpaired) electrons. The van der Waals surface area contributed by atoms with E-state index in [1.807, 2.05) is 41.0 Å². The van der Waals surface area contributed by atoms with Gasteiger partial charge in [0.25, 0.3) is 0 Å². The molecule has 0 aliphatic heterocycles. The third-order valence-corrected chi connectivity index (χ3v) is 4.58. The van der Waals surface area contributed by atoms with E-state index in [4.69, 9.17) is 9.15 Å². The number of furan rings is 1. The lowest BCUT2D eigenvalue weighted by Crippen LogP contribution is -2.03. The maximum Gasteiger partial charge on any atom is 0.200 e. The first-order chi connectivity index (χ1) is 11.3. The van der Waals surface area contributed by atoms with Crippen molar-refractivity contribution in [1.29, 1.82) is 0 Å². The Morgan fingerprint density at radius 2 is 2.17 bits per heavy atom. The highest BCUT2D eigenvalue weighted by atomic mass is 79.9. The molecule has 0 aliphatic rings. The van der Waals surface area contributed by atoms with Crippen molar-refractivity contribution in [2.45, 2.75) is 18.6 Å². The Kier molecular flexibility index (Phi) is 5.40. The van der Waals surface area contributed by atoms with Gasteiger partial charge in [-0.15, -0.1) is 10.2 Å². The Bertz CT molecular complexity index is 759. The maximum absolute atomic E-state index is 5.73. The van der Waals surface area contributed by atoms with Gasteiger partial charge in [0.2, 0.25) is 0 Å². The quantitative estimate of drug-likeness (QED) is 0.437. The lowest BCUT2D eigenvalue weighted by Gasteiger charge is -2.07. The molecule has 0 unspecified atom stereocenters. The van der Waals surface area contributed by atoms with Gasteiger partial charge in [0.1, 0.15) is 5.75 Å². The number of hydrogen-bond acceptors (Lipinski definition) is 5. The van der Waals surface area contributed by atoms with Crippen LogP contribution in [0.5, 0.6) is 5.75 Å². The molecule has 0 spiro atoms. The Morgan fingerprint density at radius 1 is 1.26 bits per heavy atom. The topological polar surface area (TPSA) is 53.1 Å². The second-order valence-corrected chi connectivity index (χ2v) is 6.66. The molecule has 0 aliphatic carbocycles. The van der Waals surface area contributed by atoms with Crippen LogP contribution in [0.1, 0.15) is 6.92 Å². The van der Waals surface area contributed by atoms with Gasteiger partial charge in [0, 0.05) is 16.8 Å². The van der Waals surface area contributed by atoms with E-state index < -0.39 is 0 Å². The third-order valence-electron chi connectivity index (χ3n) is 3.15. The zero-order chi connectivity index (χ0) is 16.1. The second kappa shape index (κ2) is 7.70.